The van der Waals surface area contributed by atoms with Crippen LogP contribution in [0.25, 0.3) is 32.9 Å². The number of benzene rings is 5. The Kier molecular flexibility index (Phi) is 8.32. The van der Waals surface area contributed by atoms with Gasteiger partial charge in [0.2, 0.25) is 0 Å². The predicted molar refractivity (Wildman–Crippen MR) is 176 cm³/mol. The van der Waals surface area contributed by atoms with Gasteiger partial charge in [-0.25, -0.2) is 0 Å². The van der Waals surface area contributed by atoms with Gasteiger partial charge in [0.15, 0.2) is 0 Å². The summed E-state index contributed by atoms with van der Waals surface area (Å²) in [6.07, 6.45) is 4.63. The number of carboxylic acids is 1. The summed E-state index contributed by atoms with van der Waals surface area (Å²) < 4.78 is 2.42. The van der Waals surface area contributed by atoms with Gasteiger partial charge in [0.1, 0.15) is 6.29 Å². The van der Waals surface area contributed by atoms with Crippen molar-refractivity contribution in [1.82, 2.24) is 4.57 Å². The van der Waals surface area contributed by atoms with Crippen molar-refractivity contribution < 1.29 is 14.7 Å². The largest absolute Gasteiger partial charge is 0.481 e. The molecule has 5 nitrogen and oxygen atoms in total. The van der Waals surface area contributed by atoms with Crippen LogP contribution in [0.3, 0.4) is 0 Å². The Morgan fingerprint density at radius 1 is 0.628 bits per heavy atom. The fourth-order valence-corrected chi connectivity index (χ4v) is 5.90. The Labute approximate surface area is 251 Å². The maximum absolute atomic E-state index is 11.2. The number of aldehydes is 1. The minimum atomic E-state index is -0.731. The lowest BCUT2D eigenvalue weighted by molar-refractivity contribution is -0.137. The van der Waals surface area contributed by atoms with Crippen molar-refractivity contribution in [1.29, 1.82) is 0 Å². The molecule has 0 unspecified atom stereocenters. The molecule has 0 aliphatic carbocycles. The van der Waals surface area contributed by atoms with Crippen LogP contribution in [0.4, 0.5) is 17.1 Å². The van der Waals surface area contributed by atoms with E-state index in [4.69, 9.17) is 5.11 Å². The van der Waals surface area contributed by atoms with E-state index in [0.717, 1.165) is 60.3 Å². The maximum atomic E-state index is 11.2. The van der Waals surface area contributed by atoms with Gasteiger partial charge in [-0.05, 0) is 66.4 Å². The zero-order valence-electron chi connectivity index (χ0n) is 24.0. The Morgan fingerprint density at radius 2 is 1.21 bits per heavy atom. The molecule has 43 heavy (non-hydrogen) atoms. The molecule has 6 rings (SSSR count). The maximum Gasteiger partial charge on any atom is 0.303 e. The van der Waals surface area contributed by atoms with Crippen LogP contribution in [0.15, 0.2) is 121 Å². The van der Waals surface area contributed by atoms with Crippen molar-refractivity contribution in [3.8, 4) is 11.1 Å². The van der Waals surface area contributed by atoms with Crippen molar-refractivity contribution >= 4 is 51.1 Å². The molecule has 6 aromatic rings. The average Bonchev–Trinajstić information content (AvgIpc) is 3.36. The van der Waals surface area contributed by atoms with Crippen LogP contribution in [-0.2, 0) is 11.3 Å². The van der Waals surface area contributed by atoms with Crippen LogP contribution in [0.1, 0.15) is 42.5 Å². The van der Waals surface area contributed by atoms with Crippen LogP contribution in [-0.4, -0.2) is 21.9 Å². The highest BCUT2D eigenvalue weighted by Gasteiger charge is 2.17. The summed E-state index contributed by atoms with van der Waals surface area (Å²) in [5.41, 5.74) is 8.44. The second-order valence-corrected chi connectivity index (χ2v) is 10.9. The third-order valence-electron chi connectivity index (χ3n) is 8.04. The highest BCUT2D eigenvalue weighted by molar-refractivity contribution is 6.10. The van der Waals surface area contributed by atoms with Gasteiger partial charge in [-0.3, -0.25) is 9.59 Å². The van der Waals surface area contributed by atoms with Crippen molar-refractivity contribution in [3.63, 3.8) is 0 Å². The van der Waals surface area contributed by atoms with Gasteiger partial charge in [0, 0.05) is 51.9 Å². The Balaban J connectivity index is 1.45. The minimum absolute atomic E-state index is 0.222. The number of carboxylic acid groups (broad SMARTS) is 1. The van der Waals surface area contributed by atoms with Gasteiger partial charge in [0.05, 0.1) is 5.52 Å². The van der Waals surface area contributed by atoms with Crippen molar-refractivity contribution in [3.05, 3.63) is 127 Å². The monoisotopic (exact) mass is 566 g/mol. The van der Waals surface area contributed by atoms with Crippen LogP contribution in [0, 0.1) is 0 Å². The summed E-state index contributed by atoms with van der Waals surface area (Å²) in [6, 6.07) is 41.9. The number of aliphatic carboxylic acids is 1. The molecule has 1 heterocycles. The number of hydrogen-bond acceptors (Lipinski definition) is 3. The molecule has 0 spiro atoms. The highest BCUT2D eigenvalue weighted by Crippen LogP contribution is 2.39. The molecule has 1 N–H and O–H groups in total. The fraction of sp³-hybridized carbons (Fsp3) is 0.158. The second-order valence-electron chi connectivity index (χ2n) is 10.9. The van der Waals surface area contributed by atoms with Gasteiger partial charge in [0.25, 0.3) is 0 Å². The summed E-state index contributed by atoms with van der Waals surface area (Å²) in [5.74, 6) is -0.731. The summed E-state index contributed by atoms with van der Waals surface area (Å²) in [5, 5.41) is 11.4. The Hall–Kier alpha value is -5.16. The topological polar surface area (TPSA) is 62.5 Å². The third-order valence-corrected chi connectivity index (χ3v) is 8.04. The molecule has 5 aromatic carbocycles. The van der Waals surface area contributed by atoms with E-state index in [-0.39, 0.29) is 6.42 Å². The minimum Gasteiger partial charge on any atom is -0.481 e. The third kappa shape index (κ3) is 6.07. The molecule has 0 fully saturated rings. The number of carbonyl (C=O) groups is 2. The number of aryl methyl sites for hydroxylation is 1. The average molecular weight is 567 g/mol. The fourth-order valence-electron chi connectivity index (χ4n) is 5.90. The standard InChI is InChI=1S/C38H34N2O3/c41-27-28-16-18-29(19-17-28)30-20-22-34-35-23-21-33(40(31-11-5-3-6-12-31)32-13-7-4-8-14-32)26-37(35)39(36(34)25-30)24-10-2-1-9-15-38(42)43/h3-8,11-14,16-23,25-27H,1-2,9-10,15,24H2,(H,42,43). The van der Waals surface area contributed by atoms with Gasteiger partial charge in [-0.1, -0.05) is 91.7 Å². The Morgan fingerprint density at radius 3 is 1.84 bits per heavy atom. The molecule has 0 aliphatic heterocycles. The highest BCUT2D eigenvalue weighted by atomic mass is 16.4. The molecular weight excluding hydrogens is 532 g/mol. The number of unbranched alkanes of at least 4 members (excludes halogenated alkanes) is 3. The molecule has 0 bridgehead atoms. The smallest absolute Gasteiger partial charge is 0.303 e. The molecule has 5 heteroatoms. The summed E-state index contributed by atoms with van der Waals surface area (Å²) in [4.78, 5) is 24.4. The molecule has 0 saturated carbocycles. The van der Waals surface area contributed by atoms with Crippen LogP contribution in [0.5, 0.6) is 0 Å². The molecule has 1 aromatic heterocycles. The SMILES string of the molecule is O=Cc1ccc(-c2ccc3c4ccc(N(c5ccccc5)c5ccccc5)cc4n(CCCCCCC(=O)O)c3c2)cc1. The summed E-state index contributed by atoms with van der Waals surface area (Å²) in [7, 11) is 0. The first-order valence-electron chi connectivity index (χ1n) is 14.9. The van der Waals surface area contributed by atoms with Crippen LogP contribution in [0.2, 0.25) is 0 Å². The van der Waals surface area contributed by atoms with Crippen molar-refractivity contribution in [2.45, 2.75) is 38.6 Å². The number of aromatic nitrogens is 1. The number of nitrogens with zero attached hydrogens (tertiary/aromatic N) is 2. The first-order chi connectivity index (χ1) is 21.1. The Bertz CT molecular complexity index is 1820. The van der Waals surface area contributed by atoms with E-state index in [0.29, 0.717) is 12.0 Å². The molecular formula is C38H34N2O3. The van der Waals surface area contributed by atoms with Gasteiger partial charge >= 0.3 is 5.97 Å². The zero-order chi connectivity index (χ0) is 29.6. The first-order valence-corrected chi connectivity index (χ1v) is 14.9. The van der Waals surface area contributed by atoms with E-state index in [1.165, 1.54) is 21.8 Å². The molecule has 0 radical (unpaired) electrons. The number of fused-ring (bicyclic) bond motifs is 3. The molecule has 0 aliphatic rings. The van der Waals surface area contributed by atoms with Gasteiger partial charge in [-0.15, -0.1) is 0 Å². The molecule has 0 amide bonds. The first kappa shape index (κ1) is 28.0. The zero-order valence-corrected chi connectivity index (χ0v) is 24.0. The molecule has 214 valence electrons. The van der Waals surface area contributed by atoms with Crippen LogP contribution >= 0.6 is 0 Å². The van der Waals surface area contributed by atoms with E-state index in [1.807, 2.05) is 36.4 Å². The predicted octanol–water partition coefficient (Wildman–Crippen LogP) is 9.78. The van der Waals surface area contributed by atoms with E-state index >= 15 is 0 Å². The second kappa shape index (κ2) is 12.8. The van der Waals surface area contributed by atoms with E-state index in [2.05, 4.69) is 94.4 Å². The number of anilines is 3. The normalized spacial score (nSPS) is 11.2. The lowest BCUT2D eigenvalue weighted by atomic mass is 10.0. The number of rotatable bonds is 12. The summed E-state index contributed by atoms with van der Waals surface area (Å²) in [6.45, 7) is 0.834. The van der Waals surface area contributed by atoms with Crippen LogP contribution < -0.4 is 4.90 Å². The van der Waals surface area contributed by atoms with E-state index in [9.17, 15) is 9.59 Å². The van der Waals surface area contributed by atoms with E-state index < -0.39 is 5.97 Å². The lowest BCUT2D eigenvalue weighted by Gasteiger charge is -2.25. The van der Waals surface area contributed by atoms with Crippen molar-refractivity contribution in [2.75, 3.05) is 4.90 Å². The number of hydrogen-bond donors (Lipinski definition) is 1. The van der Waals surface area contributed by atoms with Gasteiger partial charge < -0.3 is 14.6 Å². The number of para-hydroxylation sites is 2. The van der Waals surface area contributed by atoms with E-state index in [1.54, 1.807) is 0 Å². The lowest BCUT2D eigenvalue weighted by Crippen LogP contribution is -2.09. The molecule has 0 atom stereocenters. The van der Waals surface area contributed by atoms with Gasteiger partial charge in [-0.2, -0.15) is 0 Å². The quantitative estimate of drug-likeness (QED) is 0.118. The number of carbonyl (C=O) groups excluding carboxylic acids is 1. The van der Waals surface area contributed by atoms with Crippen molar-refractivity contribution in [2.24, 2.45) is 0 Å². The molecule has 0 saturated heterocycles. The summed E-state index contributed by atoms with van der Waals surface area (Å²) >= 11 is 0.